The number of hydrogen-bond acceptors (Lipinski definition) is 16. The lowest BCUT2D eigenvalue weighted by molar-refractivity contribution is -0.237. The minimum atomic E-state index is -2.61. The molecule has 0 spiro atoms. The summed E-state index contributed by atoms with van der Waals surface area (Å²) in [5, 5.41) is -0.296. The Kier molecular flexibility index (Phi) is 20.7. The van der Waals surface area contributed by atoms with Gasteiger partial charge in [-0.05, 0) is 134 Å². The average molecular weight is 1190 g/mol. The molecular weight excluding hydrogens is 1080 g/mol. The van der Waals surface area contributed by atoms with Crippen LogP contribution in [0.3, 0.4) is 0 Å². The largest absolute Gasteiger partial charge is 0.414 e. The predicted octanol–water partition coefficient (Wildman–Crippen LogP) is 12.4. The van der Waals surface area contributed by atoms with Crippen molar-refractivity contribution in [2.45, 2.75) is 338 Å². The molecule has 0 aromatic rings. The zero-order valence-corrected chi connectivity index (χ0v) is 58.1. The fourth-order valence-corrected chi connectivity index (χ4v) is 15.3. The monoisotopic (exact) mass is 1190 g/mol. The third kappa shape index (κ3) is 16.8. The van der Waals surface area contributed by atoms with Gasteiger partial charge in [-0.2, -0.15) is 0 Å². The Bertz CT molecular complexity index is 2050. The smallest absolute Gasteiger partial charge is 0.193 e. The summed E-state index contributed by atoms with van der Waals surface area (Å²) >= 11 is 0. The normalized spacial score (nSPS) is 34.3. The highest BCUT2D eigenvalue weighted by molar-refractivity contribution is 6.76. The van der Waals surface area contributed by atoms with Crippen LogP contribution >= 0.6 is 0 Å². The van der Waals surface area contributed by atoms with Crippen molar-refractivity contribution in [1.82, 2.24) is 0 Å². The Morgan fingerprint density at radius 1 is 0.582 bits per heavy atom. The second-order valence-corrected chi connectivity index (χ2v) is 51.3. The molecule has 6 aliphatic rings. The molecule has 0 radical (unpaired) electrons. The van der Waals surface area contributed by atoms with Crippen LogP contribution in [0.25, 0.3) is 0 Å². The Morgan fingerprint density at radius 3 is 1.56 bits per heavy atom. The first-order chi connectivity index (χ1) is 35.7. The minimum absolute atomic E-state index is 0.00519. The highest BCUT2D eigenvalue weighted by Gasteiger charge is 2.61. The second-order valence-electron chi connectivity index (χ2n) is 31.3. The second kappa shape index (κ2) is 24.1. The van der Waals surface area contributed by atoms with Crippen molar-refractivity contribution < 1.29 is 74.9 Å². The molecule has 15 atom stereocenters. The van der Waals surface area contributed by atoms with Crippen LogP contribution < -0.4 is 0 Å². The van der Waals surface area contributed by atoms with Crippen molar-refractivity contribution in [2.24, 2.45) is 0 Å². The van der Waals surface area contributed by atoms with Crippen molar-refractivity contribution in [2.75, 3.05) is 20.0 Å². The van der Waals surface area contributed by atoms with Crippen molar-refractivity contribution in [1.29, 1.82) is 0 Å². The first-order valence-electron chi connectivity index (χ1n) is 29.7. The van der Waals surface area contributed by atoms with Gasteiger partial charge in [0.2, 0.25) is 0 Å². The maximum absolute atomic E-state index is 12.7. The maximum Gasteiger partial charge on any atom is 0.193 e. The number of fused-ring (bicyclic) bond motifs is 2. The minimum Gasteiger partial charge on any atom is -0.414 e. The van der Waals surface area contributed by atoms with Gasteiger partial charge in [-0.1, -0.05) is 88.5 Å². The molecule has 0 amide bonds. The lowest BCUT2D eigenvalue weighted by Crippen LogP contribution is -2.60. The Labute approximate surface area is 482 Å². The van der Waals surface area contributed by atoms with Gasteiger partial charge in [0.1, 0.15) is 61.7 Å². The van der Waals surface area contributed by atoms with E-state index >= 15 is 0 Å². The molecule has 0 aromatic heterocycles. The number of aldehydes is 1. The third-order valence-corrected chi connectivity index (χ3v) is 33.5. The molecule has 6 rings (SSSR count). The summed E-state index contributed by atoms with van der Waals surface area (Å²) in [7, 11) is -8.69. The van der Waals surface area contributed by atoms with Crippen molar-refractivity contribution >= 4 is 39.3 Å². The standard InChI is InChI=1S/C59H112O16Si4/c1-37(28-29-38(74-78(24,25)54(5,6)7)39-32-41-47(70-56(11,12)66-41)52(64-39)50-44(69-59(17,18)73-50)35-63-77(22,23)53(2,3)4)45(75-79(26,27)55(8,9)10)46(62-36-61-30-31-76(19,20)21)40-33-42-48(71-57(13,14)67-42)51(65-40)49-43(34-60)68-58(15,16)72-49/h34,38-52H,1,28-33,35-36H2,2-27H3/t38-,39-,40-,41-,42-,43-,44-,45-,46+,47-,48-,49+,50+,51-,52-/m1/s1. The van der Waals surface area contributed by atoms with Crippen LogP contribution in [0, 0.1) is 0 Å². The van der Waals surface area contributed by atoms with Gasteiger partial charge in [0.15, 0.2) is 54.4 Å². The van der Waals surface area contributed by atoms with Crippen LogP contribution in [0.15, 0.2) is 12.2 Å². The summed E-state index contributed by atoms with van der Waals surface area (Å²) in [6, 6.07) is 0.977. The zero-order chi connectivity index (χ0) is 59.7. The molecule has 460 valence electrons. The van der Waals surface area contributed by atoms with E-state index in [0.29, 0.717) is 38.9 Å². The topological polar surface area (TPSA) is 156 Å². The van der Waals surface area contributed by atoms with Crippen LogP contribution in [-0.4, -0.2) is 174 Å². The van der Waals surface area contributed by atoms with Crippen LogP contribution in [0.2, 0.25) is 80.1 Å². The quantitative estimate of drug-likeness (QED) is 0.0313. The number of hydrogen-bond donors (Lipinski definition) is 0. The summed E-state index contributed by atoms with van der Waals surface area (Å²) in [5.74, 6) is -3.70. The van der Waals surface area contributed by atoms with E-state index in [1.807, 2.05) is 55.4 Å². The summed E-state index contributed by atoms with van der Waals surface area (Å²) in [6.45, 7) is 62.1. The number of carbonyl (C=O) groups excluding carboxylic acids is 1. The molecule has 0 saturated carbocycles. The number of ether oxygens (including phenoxy) is 12. The van der Waals surface area contributed by atoms with E-state index in [-0.39, 0.29) is 28.0 Å². The van der Waals surface area contributed by atoms with E-state index in [0.717, 1.165) is 17.9 Å². The highest BCUT2D eigenvalue weighted by Crippen LogP contribution is 2.49. The number of carbonyl (C=O) groups is 1. The first-order valence-corrected chi connectivity index (χ1v) is 42.2. The molecular formula is C59H112O16Si4. The first kappa shape index (κ1) is 67.8. The lowest BCUT2D eigenvalue weighted by atomic mass is 9.87. The van der Waals surface area contributed by atoms with E-state index in [9.17, 15) is 4.79 Å². The Hall–Kier alpha value is -0.322. The van der Waals surface area contributed by atoms with E-state index in [1.165, 1.54) is 0 Å². The molecule has 0 bridgehead atoms. The van der Waals surface area contributed by atoms with Gasteiger partial charge in [-0.25, -0.2) is 0 Å². The molecule has 0 N–H and O–H groups in total. The molecule has 0 unspecified atom stereocenters. The third-order valence-electron chi connectivity index (χ3n) is 18.3. The molecule has 16 nitrogen and oxygen atoms in total. The summed E-state index contributed by atoms with van der Waals surface area (Å²) in [5.41, 5.74) is 0.836. The van der Waals surface area contributed by atoms with Crippen LogP contribution in [0.5, 0.6) is 0 Å². The molecule has 0 aliphatic carbocycles. The van der Waals surface area contributed by atoms with E-state index in [1.54, 1.807) is 0 Å². The molecule has 79 heavy (non-hydrogen) atoms. The van der Waals surface area contributed by atoms with Crippen LogP contribution in [-0.2, 0) is 74.9 Å². The molecule has 6 heterocycles. The van der Waals surface area contributed by atoms with Gasteiger partial charge in [-0.15, -0.1) is 0 Å². The summed E-state index contributed by atoms with van der Waals surface area (Å²) in [4.78, 5) is 12.7. The van der Waals surface area contributed by atoms with Gasteiger partial charge in [0.05, 0.1) is 43.2 Å². The van der Waals surface area contributed by atoms with Crippen molar-refractivity contribution in [3.05, 3.63) is 12.2 Å². The Balaban J connectivity index is 1.39. The molecule has 0 aromatic carbocycles. The van der Waals surface area contributed by atoms with Crippen molar-refractivity contribution in [3.8, 4) is 0 Å². The lowest BCUT2D eigenvalue weighted by Gasteiger charge is -2.47. The molecule has 6 aliphatic heterocycles. The van der Waals surface area contributed by atoms with Gasteiger partial charge in [-0.3, -0.25) is 0 Å². The van der Waals surface area contributed by atoms with Crippen molar-refractivity contribution in [3.63, 3.8) is 0 Å². The Morgan fingerprint density at radius 2 is 1.04 bits per heavy atom. The summed E-state index contributed by atoms with van der Waals surface area (Å²) < 4.78 is 103. The fourth-order valence-electron chi connectivity index (χ4n) is 10.9. The molecule has 6 saturated heterocycles. The van der Waals surface area contributed by atoms with Crippen LogP contribution in [0.4, 0.5) is 0 Å². The van der Waals surface area contributed by atoms with Gasteiger partial charge in [0.25, 0.3) is 0 Å². The average Bonchev–Trinajstić information content (AvgIpc) is 4.01. The van der Waals surface area contributed by atoms with Gasteiger partial charge in [0, 0.05) is 27.5 Å². The van der Waals surface area contributed by atoms with Gasteiger partial charge >= 0.3 is 0 Å². The SMILES string of the molecule is C=C(CC[C@@H](O[Si](C)(C)C(C)(C)C)[C@H]1C[C@H]2OC(C)(C)O[C@H]2[C@H]([C@H]2OC(C)(C)O[C@@H]2CO[Si](C)(C)C(C)(C)C)O1)[C@@H](O[Si](C)(C)C(C)(C)C)[C@@H](OCOCC[Si](C)(C)C)[C@H]1C[C@H]2OC(C)(C)O[C@H]2[C@H]([C@H]2OC(C)(C)O[C@@H]2C=O)O1. The highest BCUT2D eigenvalue weighted by atomic mass is 28.4. The fraction of sp³-hybridized carbons (Fsp3) is 0.949. The zero-order valence-electron chi connectivity index (χ0n) is 54.1. The van der Waals surface area contributed by atoms with E-state index in [4.69, 9.17) is 76.7 Å². The van der Waals surface area contributed by atoms with E-state index < -0.39 is 142 Å². The van der Waals surface area contributed by atoms with Crippen LogP contribution in [0.1, 0.15) is 143 Å². The maximum atomic E-state index is 12.7. The predicted molar refractivity (Wildman–Crippen MR) is 317 cm³/mol. The molecule has 20 heteroatoms. The number of rotatable bonds is 23. The summed E-state index contributed by atoms with van der Waals surface area (Å²) in [6.07, 6.45) is -5.66. The van der Waals surface area contributed by atoms with Gasteiger partial charge < -0.3 is 74.9 Å². The molecule has 6 fully saturated rings. The van der Waals surface area contributed by atoms with E-state index in [2.05, 4.69) is 121 Å².